The van der Waals surface area contributed by atoms with Gasteiger partial charge >= 0.3 is 6.03 Å². The van der Waals surface area contributed by atoms with Crippen LogP contribution < -0.4 is 4.90 Å². The molecule has 0 spiro atoms. The lowest BCUT2D eigenvalue weighted by atomic mass is 10.0. The van der Waals surface area contributed by atoms with Gasteiger partial charge in [-0.05, 0) is 31.9 Å². The number of hydrogen-bond acceptors (Lipinski definition) is 5. The van der Waals surface area contributed by atoms with Crippen LogP contribution in [0.25, 0.3) is 0 Å². The minimum atomic E-state index is -0.269. The number of carbonyl (C=O) groups is 3. The number of carbonyl (C=O) groups excluding carboxylic acids is 3. The third kappa shape index (κ3) is 3.21. The van der Waals surface area contributed by atoms with E-state index in [1.165, 1.54) is 16.2 Å². The molecular weight excluding hydrogens is 364 g/mol. The van der Waals surface area contributed by atoms with Gasteiger partial charge in [-0.2, -0.15) is 0 Å². The first kappa shape index (κ1) is 17.7. The van der Waals surface area contributed by atoms with Gasteiger partial charge in [-0.3, -0.25) is 9.59 Å². The first-order chi connectivity index (χ1) is 13.1. The van der Waals surface area contributed by atoms with Crippen molar-refractivity contribution in [1.29, 1.82) is 0 Å². The Morgan fingerprint density at radius 1 is 1.15 bits per heavy atom. The van der Waals surface area contributed by atoms with Crippen molar-refractivity contribution in [3.05, 3.63) is 46.4 Å². The fourth-order valence-corrected chi connectivity index (χ4v) is 4.44. The maximum atomic E-state index is 12.8. The SMILES string of the molecule is Cc1ncsc1C(=O)N1CCC(N2CC(=O)N(c3ccccc3)C2=O)CC1. The molecule has 27 heavy (non-hydrogen) atoms. The molecule has 3 heterocycles. The fraction of sp³-hybridized carbons (Fsp3) is 0.368. The molecule has 2 fully saturated rings. The summed E-state index contributed by atoms with van der Waals surface area (Å²) in [5.41, 5.74) is 3.04. The Morgan fingerprint density at radius 2 is 1.85 bits per heavy atom. The first-order valence-corrected chi connectivity index (χ1v) is 9.82. The predicted molar refractivity (Wildman–Crippen MR) is 102 cm³/mol. The summed E-state index contributed by atoms with van der Waals surface area (Å²) in [6.07, 6.45) is 1.34. The highest BCUT2D eigenvalue weighted by Crippen LogP contribution is 2.27. The number of urea groups is 1. The Labute approximate surface area is 161 Å². The average Bonchev–Trinajstić information content (AvgIpc) is 3.24. The molecule has 4 amide bonds. The van der Waals surface area contributed by atoms with Crippen LogP contribution in [0.15, 0.2) is 35.8 Å². The van der Waals surface area contributed by atoms with Gasteiger partial charge in [-0.15, -0.1) is 11.3 Å². The van der Waals surface area contributed by atoms with E-state index in [2.05, 4.69) is 4.98 Å². The summed E-state index contributed by atoms with van der Waals surface area (Å²) in [7, 11) is 0. The van der Waals surface area contributed by atoms with Gasteiger partial charge in [-0.1, -0.05) is 18.2 Å². The maximum absolute atomic E-state index is 12.8. The van der Waals surface area contributed by atoms with Crippen LogP contribution in [0.2, 0.25) is 0 Å². The zero-order valence-electron chi connectivity index (χ0n) is 15.0. The van der Waals surface area contributed by atoms with Crippen LogP contribution >= 0.6 is 11.3 Å². The number of imide groups is 1. The summed E-state index contributed by atoms with van der Waals surface area (Å²) in [5.74, 6) is -0.201. The second-order valence-electron chi connectivity index (χ2n) is 6.77. The number of benzene rings is 1. The van der Waals surface area contributed by atoms with E-state index < -0.39 is 0 Å². The largest absolute Gasteiger partial charge is 0.338 e. The van der Waals surface area contributed by atoms with E-state index in [0.29, 0.717) is 36.5 Å². The van der Waals surface area contributed by atoms with Gasteiger partial charge in [0.15, 0.2) is 0 Å². The number of anilines is 1. The molecule has 7 nitrogen and oxygen atoms in total. The van der Waals surface area contributed by atoms with Crippen LogP contribution in [0.1, 0.15) is 28.2 Å². The third-order valence-corrected chi connectivity index (χ3v) is 6.06. The maximum Gasteiger partial charge on any atom is 0.332 e. The predicted octanol–water partition coefficient (Wildman–Crippen LogP) is 2.52. The normalized spacial score (nSPS) is 18.5. The highest BCUT2D eigenvalue weighted by Gasteiger charge is 2.41. The van der Waals surface area contributed by atoms with E-state index in [0.717, 1.165) is 5.69 Å². The first-order valence-electron chi connectivity index (χ1n) is 8.94. The molecule has 1 aromatic heterocycles. The van der Waals surface area contributed by atoms with Crippen LogP contribution in [0.5, 0.6) is 0 Å². The summed E-state index contributed by atoms with van der Waals surface area (Å²) in [5, 5.41) is 0. The molecular formula is C19H20N4O3S. The number of thiazole rings is 1. The number of aromatic nitrogens is 1. The molecule has 2 aliphatic heterocycles. The number of piperidine rings is 1. The smallest absolute Gasteiger partial charge is 0.332 e. The lowest BCUT2D eigenvalue weighted by Gasteiger charge is -2.36. The molecule has 0 N–H and O–H groups in total. The number of para-hydroxylation sites is 1. The molecule has 0 radical (unpaired) electrons. The quantitative estimate of drug-likeness (QED) is 0.762. The van der Waals surface area contributed by atoms with Crippen molar-refractivity contribution in [1.82, 2.24) is 14.8 Å². The molecule has 2 aliphatic rings. The van der Waals surface area contributed by atoms with Gasteiger partial charge in [-0.25, -0.2) is 14.7 Å². The van der Waals surface area contributed by atoms with E-state index in [-0.39, 0.29) is 30.4 Å². The standard InChI is InChI=1S/C19H20N4O3S/c1-13-17(27-12-20-13)18(25)21-9-7-14(8-10-21)22-11-16(24)23(19(22)26)15-5-3-2-4-6-15/h2-6,12,14H,7-11H2,1H3. The van der Waals surface area contributed by atoms with Crippen molar-refractivity contribution in [2.45, 2.75) is 25.8 Å². The Kier molecular flexibility index (Phi) is 4.65. The summed E-state index contributed by atoms with van der Waals surface area (Å²) in [6, 6.07) is 8.70. The molecule has 0 aliphatic carbocycles. The minimum Gasteiger partial charge on any atom is -0.338 e. The van der Waals surface area contributed by atoms with Crippen molar-refractivity contribution in [2.24, 2.45) is 0 Å². The van der Waals surface area contributed by atoms with E-state index in [1.54, 1.807) is 22.5 Å². The second kappa shape index (κ2) is 7.11. The molecule has 0 atom stereocenters. The van der Waals surface area contributed by atoms with Gasteiger partial charge in [0, 0.05) is 19.1 Å². The molecule has 2 aromatic rings. The molecule has 8 heteroatoms. The topological polar surface area (TPSA) is 73.8 Å². The van der Waals surface area contributed by atoms with Crippen molar-refractivity contribution in [3.8, 4) is 0 Å². The van der Waals surface area contributed by atoms with Crippen LogP contribution in [-0.4, -0.2) is 58.3 Å². The molecule has 140 valence electrons. The molecule has 0 bridgehead atoms. The lowest BCUT2D eigenvalue weighted by Crippen LogP contribution is -2.48. The molecule has 0 unspecified atom stereocenters. The Bertz CT molecular complexity index is 874. The van der Waals surface area contributed by atoms with Crippen molar-refractivity contribution in [3.63, 3.8) is 0 Å². The minimum absolute atomic E-state index is 0.00295. The zero-order chi connectivity index (χ0) is 19.0. The monoisotopic (exact) mass is 384 g/mol. The van der Waals surface area contributed by atoms with Crippen molar-refractivity contribution >= 4 is 34.9 Å². The lowest BCUT2D eigenvalue weighted by molar-refractivity contribution is -0.116. The number of likely N-dealkylation sites (tertiary alicyclic amines) is 1. The fourth-order valence-electron chi connectivity index (χ4n) is 3.67. The van der Waals surface area contributed by atoms with Crippen LogP contribution in [0, 0.1) is 6.92 Å². The zero-order valence-corrected chi connectivity index (χ0v) is 15.8. The van der Waals surface area contributed by atoms with Gasteiger partial charge < -0.3 is 9.80 Å². The number of aryl methyl sites for hydroxylation is 1. The number of amides is 4. The average molecular weight is 384 g/mol. The highest BCUT2D eigenvalue weighted by atomic mass is 32.1. The molecule has 0 saturated carbocycles. The van der Waals surface area contributed by atoms with E-state index in [1.807, 2.05) is 30.0 Å². The number of rotatable bonds is 3. The van der Waals surface area contributed by atoms with Crippen molar-refractivity contribution < 1.29 is 14.4 Å². The summed E-state index contributed by atoms with van der Waals surface area (Å²) in [6.45, 7) is 3.08. The Morgan fingerprint density at radius 3 is 2.48 bits per heavy atom. The highest BCUT2D eigenvalue weighted by molar-refractivity contribution is 7.11. The summed E-state index contributed by atoms with van der Waals surface area (Å²) in [4.78, 5) is 47.3. The van der Waals surface area contributed by atoms with Gasteiger partial charge in [0.1, 0.15) is 11.4 Å². The van der Waals surface area contributed by atoms with Gasteiger partial charge in [0.25, 0.3) is 11.8 Å². The van der Waals surface area contributed by atoms with Crippen LogP contribution in [0.4, 0.5) is 10.5 Å². The molecule has 4 rings (SSSR count). The number of hydrogen-bond donors (Lipinski definition) is 0. The van der Waals surface area contributed by atoms with Crippen LogP contribution in [-0.2, 0) is 4.79 Å². The molecule has 1 aromatic carbocycles. The van der Waals surface area contributed by atoms with E-state index in [4.69, 9.17) is 0 Å². The van der Waals surface area contributed by atoms with E-state index >= 15 is 0 Å². The second-order valence-corrected chi connectivity index (χ2v) is 7.62. The number of nitrogens with zero attached hydrogens (tertiary/aromatic N) is 4. The van der Waals surface area contributed by atoms with Gasteiger partial charge in [0.2, 0.25) is 0 Å². The Balaban J connectivity index is 1.41. The third-order valence-electron chi connectivity index (χ3n) is 5.14. The van der Waals surface area contributed by atoms with Gasteiger partial charge in [0.05, 0.1) is 16.9 Å². The summed E-state index contributed by atoms with van der Waals surface area (Å²) >= 11 is 1.36. The van der Waals surface area contributed by atoms with Crippen LogP contribution in [0.3, 0.4) is 0 Å². The van der Waals surface area contributed by atoms with Crippen molar-refractivity contribution in [2.75, 3.05) is 24.5 Å². The van der Waals surface area contributed by atoms with E-state index in [9.17, 15) is 14.4 Å². The summed E-state index contributed by atoms with van der Waals surface area (Å²) < 4.78 is 0. The molecule has 2 saturated heterocycles. The Hall–Kier alpha value is -2.74.